The molecule has 0 aromatic rings. The molecule has 4 rings (SSSR count). The van der Waals surface area contributed by atoms with Crippen molar-refractivity contribution in [1.82, 2.24) is 0 Å². The lowest BCUT2D eigenvalue weighted by Gasteiger charge is -2.62. The van der Waals surface area contributed by atoms with Gasteiger partial charge in [-0.05, 0) is 87.4 Å². The molecule has 1 N–H and O–H groups in total. The molecular formula is C21H34O3. The fraction of sp³-hybridized carbons (Fsp3) is 0.952. The number of carbonyl (C=O) groups excluding carboxylic acids is 1. The first kappa shape index (κ1) is 17.0. The average Bonchev–Trinajstić information content (AvgIpc) is 3.00. The molecule has 24 heavy (non-hydrogen) atoms. The zero-order valence-electron chi connectivity index (χ0n) is 15.6. The van der Waals surface area contributed by atoms with Gasteiger partial charge in [0.1, 0.15) is 5.78 Å². The van der Waals surface area contributed by atoms with Gasteiger partial charge in [-0.25, -0.2) is 0 Å². The highest BCUT2D eigenvalue weighted by Crippen LogP contribution is 2.66. The Bertz CT molecular complexity index is 517. The molecule has 0 amide bonds. The van der Waals surface area contributed by atoms with Crippen molar-refractivity contribution in [3.05, 3.63) is 0 Å². The molecule has 0 radical (unpaired) electrons. The second kappa shape index (κ2) is 5.81. The first-order valence-corrected chi connectivity index (χ1v) is 10.1. The third-order valence-electron chi connectivity index (χ3n) is 8.91. The lowest BCUT2D eigenvalue weighted by molar-refractivity contribution is -0.186. The van der Waals surface area contributed by atoms with E-state index in [0.717, 1.165) is 32.1 Å². The molecule has 0 bridgehead atoms. The van der Waals surface area contributed by atoms with E-state index >= 15 is 0 Å². The summed E-state index contributed by atoms with van der Waals surface area (Å²) < 4.78 is 6.07. The van der Waals surface area contributed by atoms with Crippen LogP contribution in [-0.4, -0.2) is 30.2 Å². The highest BCUT2D eigenvalue weighted by atomic mass is 16.5. The summed E-state index contributed by atoms with van der Waals surface area (Å²) in [7, 11) is 1.86. The summed E-state index contributed by atoms with van der Waals surface area (Å²) in [5.41, 5.74) is 0.188. The minimum absolute atomic E-state index is 0.0980. The number of aliphatic hydroxyl groups excluding tert-OH is 1. The zero-order chi connectivity index (χ0) is 17.1. The van der Waals surface area contributed by atoms with Gasteiger partial charge in [0.2, 0.25) is 0 Å². The summed E-state index contributed by atoms with van der Waals surface area (Å²) >= 11 is 0. The van der Waals surface area contributed by atoms with E-state index in [9.17, 15) is 9.90 Å². The van der Waals surface area contributed by atoms with Crippen molar-refractivity contribution < 1.29 is 14.6 Å². The summed E-state index contributed by atoms with van der Waals surface area (Å²) in [5, 5.41) is 10.2. The Kier molecular flexibility index (Phi) is 4.12. The first-order valence-electron chi connectivity index (χ1n) is 10.1. The van der Waals surface area contributed by atoms with Crippen molar-refractivity contribution in [2.24, 2.45) is 34.5 Å². The lowest BCUT2D eigenvalue weighted by atomic mass is 9.44. The van der Waals surface area contributed by atoms with Crippen LogP contribution in [0.25, 0.3) is 0 Å². The van der Waals surface area contributed by atoms with Crippen molar-refractivity contribution in [2.45, 2.75) is 83.8 Å². The van der Waals surface area contributed by atoms with E-state index in [0.29, 0.717) is 29.5 Å². The van der Waals surface area contributed by atoms with Crippen LogP contribution in [0.15, 0.2) is 0 Å². The molecule has 4 saturated carbocycles. The molecule has 0 aromatic heterocycles. The summed E-state index contributed by atoms with van der Waals surface area (Å²) in [6.45, 7) is 4.30. The number of hydrogen-bond donors (Lipinski definition) is 1. The third-order valence-corrected chi connectivity index (χ3v) is 8.91. The molecule has 1 unspecified atom stereocenters. The number of hydrogen-bond acceptors (Lipinski definition) is 3. The molecule has 4 fully saturated rings. The van der Waals surface area contributed by atoms with Crippen LogP contribution in [0.4, 0.5) is 0 Å². The summed E-state index contributed by atoms with van der Waals surface area (Å²) in [4.78, 5) is 12.7. The van der Waals surface area contributed by atoms with Gasteiger partial charge in [0.05, 0.1) is 12.2 Å². The van der Waals surface area contributed by atoms with Gasteiger partial charge in [-0.2, -0.15) is 0 Å². The van der Waals surface area contributed by atoms with Gasteiger partial charge >= 0.3 is 0 Å². The molecule has 4 aliphatic rings. The van der Waals surface area contributed by atoms with E-state index in [-0.39, 0.29) is 23.0 Å². The van der Waals surface area contributed by atoms with E-state index in [2.05, 4.69) is 6.92 Å². The molecule has 0 heterocycles. The van der Waals surface area contributed by atoms with Gasteiger partial charge in [-0.15, -0.1) is 0 Å². The largest absolute Gasteiger partial charge is 0.393 e. The first-order chi connectivity index (χ1) is 11.4. The maximum absolute atomic E-state index is 12.7. The maximum Gasteiger partial charge on any atom is 0.136 e. The van der Waals surface area contributed by atoms with E-state index in [4.69, 9.17) is 4.74 Å². The zero-order valence-corrected chi connectivity index (χ0v) is 15.6. The Morgan fingerprint density at radius 2 is 1.96 bits per heavy atom. The van der Waals surface area contributed by atoms with Gasteiger partial charge in [0, 0.05) is 12.5 Å². The number of rotatable bonds is 2. The molecule has 3 nitrogen and oxygen atoms in total. The van der Waals surface area contributed by atoms with Crippen molar-refractivity contribution in [3.63, 3.8) is 0 Å². The van der Waals surface area contributed by atoms with Crippen LogP contribution < -0.4 is 0 Å². The number of ketones is 1. The molecule has 8 atom stereocenters. The Balaban J connectivity index is 1.72. The third kappa shape index (κ3) is 2.19. The fourth-order valence-corrected chi connectivity index (χ4v) is 7.77. The molecule has 3 heteroatoms. The van der Waals surface area contributed by atoms with E-state index < -0.39 is 0 Å². The SMILES string of the molecule is CO[C@H]1CC2(C(C)=O)CCC[C@H]2[C@@H]2CC[C@H]3C[C@H](O)CC[C@]3(C)[C@H]21. The number of ether oxygens (including phenoxy) is 1. The van der Waals surface area contributed by atoms with Gasteiger partial charge in [0.25, 0.3) is 0 Å². The van der Waals surface area contributed by atoms with Crippen molar-refractivity contribution in [3.8, 4) is 0 Å². The topological polar surface area (TPSA) is 46.5 Å². The highest BCUT2D eigenvalue weighted by molar-refractivity contribution is 5.83. The quantitative estimate of drug-likeness (QED) is 0.831. The number of fused-ring (bicyclic) bond motifs is 5. The molecule has 136 valence electrons. The predicted octanol–water partition coefficient (Wildman–Crippen LogP) is 3.97. The molecule has 0 aromatic carbocycles. The van der Waals surface area contributed by atoms with Gasteiger partial charge < -0.3 is 9.84 Å². The maximum atomic E-state index is 12.7. The van der Waals surface area contributed by atoms with E-state index in [1.807, 2.05) is 14.0 Å². The standard InChI is InChI=1S/C21H34O3/c1-13(22)21-9-4-5-17(21)16-7-6-14-11-15(23)8-10-20(14,2)19(16)18(12-21)24-3/h14-19,23H,4-12H2,1-3H3/t14-,15+,16-,17-,18-,19+,20-,21?/m0/s1. The van der Waals surface area contributed by atoms with Gasteiger partial charge in [-0.1, -0.05) is 13.3 Å². The smallest absolute Gasteiger partial charge is 0.136 e. The monoisotopic (exact) mass is 334 g/mol. The van der Waals surface area contributed by atoms with Crippen molar-refractivity contribution in [2.75, 3.05) is 7.11 Å². The predicted molar refractivity (Wildman–Crippen MR) is 93.5 cm³/mol. The Labute approximate surface area is 146 Å². The van der Waals surface area contributed by atoms with Crippen LogP contribution in [0.3, 0.4) is 0 Å². The number of methoxy groups -OCH3 is 1. The molecule has 0 saturated heterocycles. The summed E-state index contributed by atoms with van der Waals surface area (Å²) in [6.07, 6.45) is 10.1. The lowest BCUT2D eigenvalue weighted by Crippen LogP contribution is -2.60. The number of aliphatic hydroxyl groups is 1. The molecule has 4 aliphatic carbocycles. The number of Topliss-reactive ketones (excluding diaryl/α,β-unsaturated/α-hetero) is 1. The average molecular weight is 335 g/mol. The fourth-order valence-electron chi connectivity index (χ4n) is 7.77. The summed E-state index contributed by atoms with van der Waals surface area (Å²) in [5.74, 6) is 2.84. The van der Waals surface area contributed by atoms with Crippen LogP contribution in [-0.2, 0) is 9.53 Å². The molecule has 0 aliphatic heterocycles. The Morgan fingerprint density at radius 1 is 1.17 bits per heavy atom. The molecular weight excluding hydrogens is 300 g/mol. The summed E-state index contributed by atoms with van der Waals surface area (Å²) in [6, 6.07) is 0. The number of carbonyl (C=O) groups is 1. The second-order valence-electron chi connectivity index (χ2n) is 9.59. The van der Waals surface area contributed by atoms with Crippen LogP contribution in [0, 0.1) is 34.5 Å². The van der Waals surface area contributed by atoms with Gasteiger partial charge in [-0.3, -0.25) is 4.79 Å². The van der Waals surface area contributed by atoms with Crippen LogP contribution in [0.2, 0.25) is 0 Å². The minimum atomic E-state index is -0.105. The second-order valence-corrected chi connectivity index (χ2v) is 9.59. The Hall–Kier alpha value is -0.410. The van der Waals surface area contributed by atoms with Crippen LogP contribution in [0.5, 0.6) is 0 Å². The van der Waals surface area contributed by atoms with Crippen LogP contribution >= 0.6 is 0 Å². The highest BCUT2D eigenvalue weighted by Gasteiger charge is 2.63. The normalized spacial score (nSPS) is 53.8. The van der Waals surface area contributed by atoms with E-state index in [1.165, 1.54) is 25.7 Å². The van der Waals surface area contributed by atoms with Crippen LogP contribution in [0.1, 0.15) is 71.6 Å². The van der Waals surface area contributed by atoms with Gasteiger partial charge in [0.15, 0.2) is 0 Å². The van der Waals surface area contributed by atoms with Crippen molar-refractivity contribution in [1.29, 1.82) is 0 Å². The minimum Gasteiger partial charge on any atom is -0.393 e. The molecule has 0 spiro atoms. The van der Waals surface area contributed by atoms with E-state index in [1.54, 1.807) is 0 Å². The van der Waals surface area contributed by atoms with Crippen molar-refractivity contribution >= 4 is 5.78 Å². The Morgan fingerprint density at radius 3 is 2.67 bits per heavy atom.